The van der Waals surface area contributed by atoms with Gasteiger partial charge in [0.2, 0.25) is 0 Å². The van der Waals surface area contributed by atoms with Crippen LogP contribution in [0.4, 0.5) is 10.1 Å². The monoisotopic (exact) mass is 254 g/mol. The van der Waals surface area contributed by atoms with Gasteiger partial charge >= 0.3 is 5.97 Å². The van der Waals surface area contributed by atoms with Crippen LogP contribution in [-0.4, -0.2) is 37.3 Å². The van der Waals surface area contributed by atoms with Crippen LogP contribution in [0.3, 0.4) is 0 Å². The molecule has 0 amide bonds. The van der Waals surface area contributed by atoms with Gasteiger partial charge in [-0.15, -0.1) is 0 Å². The molecule has 0 bridgehead atoms. The molecule has 0 saturated heterocycles. The smallest absolute Gasteiger partial charge is 0.323 e. The summed E-state index contributed by atoms with van der Waals surface area (Å²) in [7, 11) is 3.48. The fraction of sp³-hybridized carbons (Fsp3) is 0.462. The van der Waals surface area contributed by atoms with Crippen molar-refractivity contribution in [3.05, 3.63) is 30.1 Å². The maximum Gasteiger partial charge on any atom is 0.323 e. The number of hydrogen-bond acceptors (Lipinski definition) is 3. The van der Waals surface area contributed by atoms with Crippen LogP contribution < -0.4 is 10.2 Å². The van der Waals surface area contributed by atoms with Crippen LogP contribution in [0.5, 0.6) is 0 Å². The Bertz CT molecular complexity index is 408. The molecular formula is C13H19FN2O2. The molecule has 1 rings (SSSR count). The topological polar surface area (TPSA) is 52.6 Å². The van der Waals surface area contributed by atoms with Crippen molar-refractivity contribution in [2.45, 2.75) is 18.9 Å². The summed E-state index contributed by atoms with van der Waals surface area (Å²) in [5, 5.41) is 11.9. The molecule has 0 aliphatic carbocycles. The third-order valence-corrected chi connectivity index (χ3v) is 3.24. The first-order valence-electron chi connectivity index (χ1n) is 5.78. The molecule has 0 aliphatic heterocycles. The number of halogens is 1. The van der Waals surface area contributed by atoms with E-state index in [-0.39, 0.29) is 5.82 Å². The summed E-state index contributed by atoms with van der Waals surface area (Å²) in [6.45, 7) is 2.21. The number of hydrogen-bond donors (Lipinski definition) is 2. The van der Waals surface area contributed by atoms with E-state index in [9.17, 15) is 9.18 Å². The Kier molecular flexibility index (Phi) is 4.67. The van der Waals surface area contributed by atoms with Gasteiger partial charge in [-0.3, -0.25) is 4.79 Å². The second-order valence-electron chi connectivity index (χ2n) is 4.54. The highest BCUT2D eigenvalue weighted by atomic mass is 19.1. The Morgan fingerprint density at radius 3 is 2.44 bits per heavy atom. The van der Waals surface area contributed by atoms with Crippen molar-refractivity contribution in [2.75, 3.05) is 25.5 Å². The van der Waals surface area contributed by atoms with E-state index in [0.29, 0.717) is 13.0 Å². The summed E-state index contributed by atoms with van der Waals surface area (Å²) in [4.78, 5) is 13.0. The maximum absolute atomic E-state index is 12.8. The van der Waals surface area contributed by atoms with E-state index in [2.05, 4.69) is 5.32 Å². The fourth-order valence-corrected chi connectivity index (χ4v) is 1.55. The first-order valence-corrected chi connectivity index (χ1v) is 5.78. The van der Waals surface area contributed by atoms with Gasteiger partial charge < -0.3 is 15.3 Å². The highest BCUT2D eigenvalue weighted by Crippen LogP contribution is 2.16. The molecule has 18 heavy (non-hydrogen) atoms. The quantitative estimate of drug-likeness (QED) is 0.811. The third-order valence-electron chi connectivity index (χ3n) is 3.24. The van der Waals surface area contributed by atoms with E-state index in [1.165, 1.54) is 12.1 Å². The van der Waals surface area contributed by atoms with Crippen molar-refractivity contribution in [3.63, 3.8) is 0 Å². The van der Waals surface area contributed by atoms with E-state index in [0.717, 1.165) is 5.69 Å². The number of benzene rings is 1. The number of carbonyl (C=O) groups is 1. The molecule has 0 spiro atoms. The molecule has 0 aromatic heterocycles. The zero-order valence-electron chi connectivity index (χ0n) is 10.9. The van der Waals surface area contributed by atoms with E-state index >= 15 is 0 Å². The minimum Gasteiger partial charge on any atom is -0.480 e. The Hall–Kier alpha value is -1.62. The number of nitrogens with one attached hydrogen (secondary N) is 1. The van der Waals surface area contributed by atoms with Crippen LogP contribution in [0.25, 0.3) is 0 Å². The number of nitrogens with zero attached hydrogens (tertiary/aromatic N) is 1. The van der Waals surface area contributed by atoms with Gasteiger partial charge in [0.25, 0.3) is 0 Å². The maximum atomic E-state index is 12.8. The second kappa shape index (κ2) is 5.82. The number of carboxylic acid groups (broad SMARTS) is 1. The molecule has 0 saturated carbocycles. The molecule has 1 unspecified atom stereocenters. The largest absolute Gasteiger partial charge is 0.480 e. The molecule has 1 aromatic carbocycles. The van der Waals surface area contributed by atoms with Crippen molar-refractivity contribution in [3.8, 4) is 0 Å². The number of rotatable bonds is 6. The Balaban J connectivity index is 2.63. The molecule has 2 N–H and O–H groups in total. The lowest BCUT2D eigenvalue weighted by Gasteiger charge is -2.28. The summed E-state index contributed by atoms with van der Waals surface area (Å²) < 4.78 is 12.8. The second-order valence-corrected chi connectivity index (χ2v) is 4.54. The molecular weight excluding hydrogens is 235 g/mol. The van der Waals surface area contributed by atoms with Crippen molar-refractivity contribution < 1.29 is 14.3 Å². The Labute approximate surface area is 106 Å². The van der Waals surface area contributed by atoms with Gasteiger partial charge in [-0.1, -0.05) is 0 Å². The van der Waals surface area contributed by atoms with Crippen LogP contribution in [0.1, 0.15) is 13.3 Å². The van der Waals surface area contributed by atoms with Crippen LogP contribution in [-0.2, 0) is 4.79 Å². The van der Waals surface area contributed by atoms with Crippen molar-refractivity contribution in [2.24, 2.45) is 0 Å². The van der Waals surface area contributed by atoms with Crippen LogP contribution in [0.15, 0.2) is 24.3 Å². The molecule has 1 atom stereocenters. The van der Waals surface area contributed by atoms with Crippen molar-refractivity contribution in [1.82, 2.24) is 5.32 Å². The highest BCUT2D eigenvalue weighted by Gasteiger charge is 2.30. The third kappa shape index (κ3) is 3.43. The van der Waals surface area contributed by atoms with Gasteiger partial charge in [-0.25, -0.2) is 4.39 Å². The average molecular weight is 254 g/mol. The lowest BCUT2D eigenvalue weighted by molar-refractivity contribution is -0.144. The van der Waals surface area contributed by atoms with Gasteiger partial charge in [-0.2, -0.15) is 0 Å². The molecule has 0 radical (unpaired) electrons. The summed E-state index contributed by atoms with van der Waals surface area (Å²) in [6, 6.07) is 6.13. The summed E-state index contributed by atoms with van der Waals surface area (Å²) in [6.07, 6.45) is 0.451. The van der Waals surface area contributed by atoms with Gasteiger partial charge in [0, 0.05) is 19.3 Å². The Morgan fingerprint density at radius 2 is 2.00 bits per heavy atom. The standard InChI is InChI=1S/C13H19FN2O2/c1-13(15-2,12(17)18)8-9-16(3)11-6-4-10(14)5-7-11/h4-7,15H,8-9H2,1-3H3,(H,17,18). The first-order chi connectivity index (χ1) is 8.39. The molecule has 5 heteroatoms. The zero-order chi connectivity index (χ0) is 13.8. The Morgan fingerprint density at radius 1 is 1.44 bits per heavy atom. The van der Waals surface area contributed by atoms with Gasteiger partial charge in [0.1, 0.15) is 11.4 Å². The lowest BCUT2D eigenvalue weighted by Crippen LogP contribution is -2.49. The van der Waals surface area contributed by atoms with Crippen LogP contribution >= 0.6 is 0 Å². The average Bonchev–Trinajstić information content (AvgIpc) is 2.36. The first kappa shape index (κ1) is 14.4. The minimum absolute atomic E-state index is 0.280. The molecule has 0 aliphatic rings. The fourth-order valence-electron chi connectivity index (χ4n) is 1.55. The predicted molar refractivity (Wildman–Crippen MR) is 69.4 cm³/mol. The number of likely N-dealkylation sites (N-methyl/N-ethyl adjacent to an activating group) is 1. The molecule has 4 nitrogen and oxygen atoms in total. The minimum atomic E-state index is -0.950. The van der Waals surface area contributed by atoms with E-state index < -0.39 is 11.5 Å². The summed E-state index contributed by atoms with van der Waals surface area (Å²) in [5.74, 6) is -1.16. The number of anilines is 1. The molecule has 0 heterocycles. The summed E-state index contributed by atoms with van der Waals surface area (Å²) >= 11 is 0. The van der Waals surface area contributed by atoms with E-state index in [4.69, 9.17) is 5.11 Å². The van der Waals surface area contributed by atoms with Gasteiger partial charge in [0.15, 0.2) is 0 Å². The predicted octanol–water partition coefficient (Wildman–Crippen LogP) is 1.71. The molecule has 1 aromatic rings. The van der Waals surface area contributed by atoms with E-state index in [1.807, 2.05) is 11.9 Å². The highest BCUT2D eigenvalue weighted by molar-refractivity contribution is 5.78. The normalized spacial score (nSPS) is 14.0. The number of aliphatic carboxylic acids is 1. The van der Waals surface area contributed by atoms with Crippen LogP contribution in [0, 0.1) is 5.82 Å². The molecule has 100 valence electrons. The summed E-state index contributed by atoms with van der Waals surface area (Å²) in [5.41, 5.74) is -0.0888. The van der Waals surface area contributed by atoms with Crippen molar-refractivity contribution in [1.29, 1.82) is 0 Å². The zero-order valence-corrected chi connectivity index (χ0v) is 10.9. The number of carboxylic acids is 1. The SMILES string of the molecule is CNC(C)(CCN(C)c1ccc(F)cc1)C(=O)O. The molecule has 0 fully saturated rings. The van der Waals surface area contributed by atoms with Crippen molar-refractivity contribution >= 4 is 11.7 Å². The van der Waals surface area contributed by atoms with Crippen LogP contribution in [0.2, 0.25) is 0 Å². The van der Waals surface area contributed by atoms with Gasteiger partial charge in [0.05, 0.1) is 0 Å². The van der Waals surface area contributed by atoms with Gasteiger partial charge in [-0.05, 0) is 44.7 Å². The lowest BCUT2D eigenvalue weighted by atomic mass is 9.98. The van der Waals surface area contributed by atoms with E-state index in [1.54, 1.807) is 26.1 Å².